The molecule has 130 valence electrons. The number of amides is 1. The van der Waals surface area contributed by atoms with Crippen LogP contribution < -0.4 is 5.32 Å². The molecule has 3 aromatic rings. The molecule has 0 radical (unpaired) electrons. The van der Waals surface area contributed by atoms with E-state index in [1.165, 1.54) is 5.56 Å². The molecule has 1 N–H and O–H groups in total. The third-order valence-electron chi connectivity index (χ3n) is 4.00. The van der Waals surface area contributed by atoms with Gasteiger partial charge in [0.1, 0.15) is 5.58 Å². The summed E-state index contributed by atoms with van der Waals surface area (Å²) >= 11 is 5.95. The second kappa shape index (κ2) is 8.19. The van der Waals surface area contributed by atoms with E-state index >= 15 is 0 Å². The average Bonchev–Trinajstić information content (AvgIpc) is 3.02. The Bertz CT molecular complexity index is 845. The quantitative estimate of drug-likeness (QED) is 0.640. The SMILES string of the molecule is CN(CCCNC(=O)c1cc2cc(Cl)ccc2o1)Cc1ccccc1. The first-order valence-electron chi connectivity index (χ1n) is 8.31. The highest BCUT2D eigenvalue weighted by atomic mass is 35.5. The standard InChI is InChI=1S/C20H21ClN2O2/c1-23(14-15-6-3-2-4-7-15)11-5-10-22-20(24)19-13-16-12-17(21)8-9-18(16)25-19/h2-4,6-9,12-13H,5,10-11,14H2,1H3,(H,22,24). The van der Waals surface area contributed by atoms with E-state index in [4.69, 9.17) is 16.0 Å². The molecule has 3 rings (SSSR count). The smallest absolute Gasteiger partial charge is 0.287 e. The largest absolute Gasteiger partial charge is 0.451 e. The zero-order valence-electron chi connectivity index (χ0n) is 14.2. The maximum atomic E-state index is 12.2. The van der Waals surface area contributed by atoms with E-state index in [1.54, 1.807) is 24.3 Å². The molecule has 0 unspecified atom stereocenters. The van der Waals surface area contributed by atoms with Gasteiger partial charge in [0.25, 0.3) is 5.91 Å². The molecule has 2 aromatic carbocycles. The molecule has 0 aliphatic heterocycles. The molecule has 0 bridgehead atoms. The Kier molecular flexibility index (Phi) is 5.74. The van der Waals surface area contributed by atoms with Gasteiger partial charge < -0.3 is 14.6 Å². The zero-order valence-corrected chi connectivity index (χ0v) is 14.9. The number of nitrogens with zero attached hydrogens (tertiary/aromatic N) is 1. The van der Waals surface area contributed by atoms with E-state index in [-0.39, 0.29) is 5.91 Å². The summed E-state index contributed by atoms with van der Waals surface area (Å²) in [4.78, 5) is 14.4. The Morgan fingerprint density at radius 2 is 1.96 bits per heavy atom. The minimum Gasteiger partial charge on any atom is -0.451 e. The molecule has 0 aliphatic carbocycles. The van der Waals surface area contributed by atoms with Crippen LogP contribution in [-0.2, 0) is 6.54 Å². The van der Waals surface area contributed by atoms with Crippen LogP contribution in [0.2, 0.25) is 5.02 Å². The van der Waals surface area contributed by atoms with Gasteiger partial charge in [0, 0.05) is 23.5 Å². The topological polar surface area (TPSA) is 45.5 Å². The molecule has 1 heterocycles. The van der Waals surface area contributed by atoms with Crippen molar-refractivity contribution in [2.45, 2.75) is 13.0 Å². The second-order valence-electron chi connectivity index (χ2n) is 6.13. The zero-order chi connectivity index (χ0) is 17.6. The second-order valence-corrected chi connectivity index (χ2v) is 6.56. The van der Waals surface area contributed by atoms with Gasteiger partial charge in [0.05, 0.1) is 0 Å². The monoisotopic (exact) mass is 356 g/mol. The highest BCUT2D eigenvalue weighted by Gasteiger charge is 2.12. The molecular weight excluding hydrogens is 336 g/mol. The Balaban J connectivity index is 1.44. The molecule has 0 atom stereocenters. The summed E-state index contributed by atoms with van der Waals surface area (Å²) in [5, 5.41) is 4.36. The summed E-state index contributed by atoms with van der Waals surface area (Å²) in [5.74, 6) is 0.118. The van der Waals surface area contributed by atoms with Gasteiger partial charge in [-0.25, -0.2) is 0 Å². The molecule has 1 amide bonds. The Hall–Kier alpha value is -2.30. The molecule has 0 spiro atoms. The van der Waals surface area contributed by atoms with Crippen molar-refractivity contribution >= 4 is 28.5 Å². The van der Waals surface area contributed by atoms with Crippen molar-refractivity contribution in [3.63, 3.8) is 0 Å². The van der Waals surface area contributed by atoms with E-state index < -0.39 is 0 Å². The highest BCUT2D eigenvalue weighted by molar-refractivity contribution is 6.31. The Labute approximate surface area is 152 Å². The lowest BCUT2D eigenvalue weighted by molar-refractivity contribution is 0.0926. The Morgan fingerprint density at radius 1 is 1.16 bits per heavy atom. The Morgan fingerprint density at radius 3 is 2.76 bits per heavy atom. The van der Waals surface area contributed by atoms with Gasteiger partial charge >= 0.3 is 0 Å². The van der Waals surface area contributed by atoms with E-state index in [0.717, 1.165) is 24.9 Å². The third-order valence-corrected chi connectivity index (χ3v) is 4.23. The number of benzene rings is 2. The van der Waals surface area contributed by atoms with Crippen LogP contribution in [0, 0.1) is 0 Å². The average molecular weight is 357 g/mol. The fraction of sp³-hybridized carbons (Fsp3) is 0.250. The van der Waals surface area contributed by atoms with Gasteiger partial charge in [0.2, 0.25) is 0 Å². The number of halogens is 1. The van der Waals surface area contributed by atoms with Crippen molar-refractivity contribution in [2.75, 3.05) is 20.1 Å². The van der Waals surface area contributed by atoms with Gasteiger partial charge in [0.15, 0.2) is 5.76 Å². The van der Waals surface area contributed by atoms with Gasteiger partial charge in [-0.15, -0.1) is 0 Å². The lowest BCUT2D eigenvalue weighted by atomic mass is 10.2. The van der Waals surface area contributed by atoms with Crippen molar-refractivity contribution < 1.29 is 9.21 Å². The molecular formula is C20H21ClN2O2. The van der Waals surface area contributed by atoms with E-state index in [0.29, 0.717) is 22.9 Å². The summed E-state index contributed by atoms with van der Waals surface area (Å²) in [7, 11) is 2.08. The first-order chi connectivity index (χ1) is 12.1. The van der Waals surface area contributed by atoms with Gasteiger partial charge in [-0.05, 0) is 49.8 Å². The normalized spacial score (nSPS) is 11.2. The first kappa shape index (κ1) is 17.5. The third kappa shape index (κ3) is 4.84. The predicted molar refractivity (Wildman–Crippen MR) is 101 cm³/mol. The van der Waals surface area contributed by atoms with Crippen LogP contribution in [0.5, 0.6) is 0 Å². The molecule has 0 fully saturated rings. The van der Waals surface area contributed by atoms with Crippen LogP contribution in [-0.4, -0.2) is 30.9 Å². The van der Waals surface area contributed by atoms with E-state index in [2.05, 4.69) is 29.4 Å². The fourth-order valence-corrected chi connectivity index (χ4v) is 2.92. The van der Waals surface area contributed by atoms with E-state index in [1.807, 2.05) is 18.2 Å². The number of furan rings is 1. The highest BCUT2D eigenvalue weighted by Crippen LogP contribution is 2.22. The molecule has 0 saturated heterocycles. The molecule has 25 heavy (non-hydrogen) atoms. The summed E-state index contributed by atoms with van der Waals surface area (Å²) < 4.78 is 5.56. The van der Waals surface area contributed by atoms with Crippen molar-refractivity contribution in [3.05, 3.63) is 70.9 Å². The fourth-order valence-electron chi connectivity index (χ4n) is 2.74. The van der Waals surface area contributed by atoms with Gasteiger partial charge in [-0.1, -0.05) is 41.9 Å². The summed E-state index contributed by atoms with van der Waals surface area (Å²) in [5.41, 5.74) is 1.95. The summed E-state index contributed by atoms with van der Waals surface area (Å²) in [6.45, 7) is 2.42. The van der Waals surface area contributed by atoms with Gasteiger partial charge in [-0.3, -0.25) is 4.79 Å². The lowest BCUT2D eigenvalue weighted by Gasteiger charge is -2.16. The molecule has 1 aromatic heterocycles. The number of rotatable bonds is 7. The number of hydrogen-bond donors (Lipinski definition) is 1. The summed E-state index contributed by atoms with van der Waals surface area (Å²) in [6.07, 6.45) is 0.876. The number of carbonyl (C=O) groups is 1. The van der Waals surface area contributed by atoms with Crippen molar-refractivity contribution in [1.82, 2.24) is 10.2 Å². The number of nitrogens with one attached hydrogen (secondary N) is 1. The minimum absolute atomic E-state index is 0.196. The predicted octanol–water partition coefficient (Wildman–Crippen LogP) is 4.34. The summed E-state index contributed by atoms with van der Waals surface area (Å²) in [6, 6.07) is 17.4. The minimum atomic E-state index is -0.196. The van der Waals surface area contributed by atoms with Crippen molar-refractivity contribution in [3.8, 4) is 0 Å². The van der Waals surface area contributed by atoms with Crippen LogP contribution >= 0.6 is 11.6 Å². The van der Waals surface area contributed by atoms with Gasteiger partial charge in [-0.2, -0.15) is 0 Å². The lowest BCUT2D eigenvalue weighted by Crippen LogP contribution is -2.27. The maximum Gasteiger partial charge on any atom is 0.287 e. The number of fused-ring (bicyclic) bond motifs is 1. The van der Waals surface area contributed by atoms with Crippen molar-refractivity contribution in [2.24, 2.45) is 0 Å². The number of hydrogen-bond acceptors (Lipinski definition) is 3. The molecule has 4 nitrogen and oxygen atoms in total. The van der Waals surface area contributed by atoms with Crippen LogP contribution in [0.15, 0.2) is 59.0 Å². The number of carbonyl (C=O) groups excluding carboxylic acids is 1. The van der Waals surface area contributed by atoms with Crippen LogP contribution in [0.4, 0.5) is 0 Å². The molecule has 0 saturated carbocycles. The maximum absolute atomic E-state index is 12.2. The van der Waals surface area contributed by atoms with E-state index in [9.17, 15) is 4.79 Å². The van der Waals surface area contributed by atoms with Crippen LogP contribution in [0.1, 0.15) is 22.5 Å². The van der Waals surface area contributed by atoms with Crippen LogP contribution in [0.3, 0.4) is 0 Å². The molecule has 0 aliphatic rings. The first-order valence-corrected chi connectivity index (χ1v) is 8.69. The molecule has 5 heteroatoms. The van der Waals surface area contributed by atoms with Crippen LogP contribution in [0.25, 0.3) is 11.0 Å². The van der Waals surface area contributed by atoms with Crippen molar-refractivity contribution in [1.29, 1.82) is 0 Å².